The second-order valence-corrected chi connectivity index (χ2v) is 5.18. The number of ether oxygens (including phenoxy) is 2. The minimum absolute atomic E-state index is 0.0910. The van der Waals surface area contributed by atoms with E-state index in [9.17, 15) is 4.79 Å². The summed E-state index contributed by atoms with van der Waals surface area (Å²) in [6, 6.07) is 7.24. The maximum absolute atomic E-state index is 11.2. The third-order valence-electron chi connectivity index (χ3n) is 2.53. The molecule has 1 heterocycles. The molecule has 0 unspecified atom stereocenters. The van der Waals surface area contributed by atoms with Crippen LogP contribution in [-0.2, 0) is 9.53 Å². The summed E-state index contributed by atoms with van der Waals surface area (Å²) >= 11 is 1.50. The van der Waals surface area contributed by atoms with Crippen LogP contribution < -0.4 is 10.2 Å². The van der Waals surface area contributed by atoms with Crippen LogP contribution in [0.1, 0.15) is 18.2 Å². The Bertz CT molecular complexity index is 638. The number of carbonyl (C=O) groups excluding carboxylic acids is 1. The zero-order valence-electron chi connectivity index (χ0n) is 12.4. The van der Waals surface area contributed by atoms with E-state index in [2.05, 4.69) is 15.5 Å². The predicted molar refractivity (Wildman–Crippen MR) is 86.6 cm³/mol. The lowest BCUT2D eigenvalue weighted by molar-refractivity contribution is -0.145. The number of aryl methyl sites for hydroxylation is 1. The first-order chi connectivity index (χ1) is 10.7. The summed E-state index contributed by atoms with van der Waals surface area (Å²) in [5.41, 5.74) is 4.74. The van der Waals surface area contributed by atoms with Crippen LogP contribution in [0.25, 0.3) is 0 Å². The number of nitrogens with zero attached hydrogens (tertiary/aromatic N) is 2. The van der Waals surface area contributed by atoms with Crippen LogP contribution in [0.15, 0.2) is 34.7 Å². The van der Waals surface area contributed by atoms with Crippen LogP contribution in [-0.4, -0.2) is 30.4 Å². The Hall–Kier alpha value is -2.41. The molecule has 1 aromatic carbocycles. The fourth-order valence-corrected chi connectivity index (χ4v) is 2.20. The van der Waals surface area contributed by atoms with Gasteiger partial charge in [0.15, 0.2) is 6.61 Å². The third-order valence-corrected chi connectivity index (χ3v) is 3.40. The highest BCUT2D eigenvalue weighted by Gasteiger charge is 2.02. The number of hydrogen-bond acceptors (Lipinski definition) is 7. The van der Waals surface area contributed by atoms with Gasteiger partial charge in [-0.05, 0) is 43.7 Å². The fraction of sp³-hybridized carbons (Fsp3) is 0.267. The van der Waals surface area contributed by atoms with E-state index in [1.54, 1.807) is 25.3 Å². The number of anilines is 1. The van der Waals surface area contributed by atoms with Crippen LogP contribution in [0.4, 0.5) is 5.13 Å². The standard InChI is InChI=1S/C15H17N3O3S/c1-3-20-14(19)9-21-13-6-4-12(5-7-13)8-16-18-15-17-11(2)10-22-15/h4-8,10H,3,9H2,1-2H3,(H,17,18). The van der Waals surface area contributed by atoms with Gasteiger partial charge >= 0.3 is 5.97 Å². The van der Waals surface area contributed by atoms with Crippen LogP contribution in [0.2, 0.25) is 0 Å². The molecule has 0 amide bonds. The summed E-state index contributed by atoms with van der Waals surface area (Å²) in [7, 11) is 0. The van der Waals surface area contributed by atoms with E-state index in [0.717, 1.165) is 16.4 Å². The highest BCUT2D eigenvalue weighted by Crippen LogP contribution is 2.14. The molecule has 0 aliphatic rings. The van der Waals surface area contributed by atoms with Crippen molar-refractivity contribution in [2.45, 2.75) is 13.8 Å². The summed E-state index contributed by atoms with van der Waals surface area (Å²) in [6.07, 6.45) is 1.69. The number of esters is 1. The van der Waals surface area contributed by atoms with Gasteiger partial charge in [-0.25, -0.2) is 9.78 Å². The third kappa shape index (κ3) is 5.17. The van der Waals surface area contributed by atoms with E-state index in [0.29, 0.717) is 12.4 Å². The van der Waals surface area contributed by atoms with E-state index in [4.69, 9.17) is 9.47 Å². The number of hydrazone groups is 1. The maximum Gasteiger partial charge on any atom is 0.344 e. The molecular formula is C15H17N3O3S. The number of hydrogen-bond donors (Lipinski definition) is 1. The normalized spacial score (nSPS) is 10.6. The molecule has 2 rings (SSSR count). The molecule has 2 aromatic rings. The van der Waals surface area contributed by atoms with Gasteiger partial charge in [-0.3, -0.25) is 5.43 Å². The van der Waals surface area contributed by atoms with Gasteiger partial charge in [-0.2, -0.15) is 5.10 Å². The Kier molecular flexibility index (Phi) is 5.91. The van der Waals surface area contributed by atoms with Crippen molar-refractivity contribution in [2.24, 2.45) is 5.10 Å². The van der Waals surface area contributed by atoms with E-state index in [1.165, 1.54) is 11.3 Å². The fourth-order valence-electron chi connectivity index (χ4n) is 1.56. The number of carbonyl (C=O) groups is 1. The minimum Gasteiger partial charge on any atom is -0.482 e. The van der Waals surface area contributed by atoms with Gasteiger partial charge in [0.05, 0.1) is 18.5 Å². The van der Waals surface area contributed by atoms with E-state index >= 15 is 0 Å². The number of rotatable bonds is 7. The zero-order valence-corrected chi connectivity index (χ0v) is 13.2. The summed E-state index contributed by atoms with van der Waals surface area (Å²) in [4.78, 5) is 15.4. The van der Waals surface area contributed by atoms with Crippen molar-refractivity contribution in [3.8, 4) is 5.75 Å². The Morgan fingerprint density at radius 2 is 2.18 bits per heavy atom. The van der Waals surface area contributed by atoms with Gasteiger partial charge in [-0.1, -0.05) is 0 Å². The molecule has 0 aliphatic carbocycles. The van der Waals surface area contributed by atoms with Crippen molar-refractivity contribution in [1.29, 1.82) is 0 Å². The summed E-state index contributed by atoms with van der Waals surface area (Å²) in [5.74, 6) is 0.227. The van der Waals surface area contributed by atoms with Crippen molar-refractivity contribution >= 4 is 28.7 Å². The Morgan fingerprint density at radius 3 is 2.82 bits per heavy atom. The average Bonchev–Trinajstić information content (AvgIpc) is 2.92. The highest BCUT2D eigenvalue weighted by molar-refractivity contribution is 7.13. The molecule has 7 heteroatoms. The van der Waals surface area contributed by atoms with Crippen LogP contribution in [0.5, 0.6) is 5.75 Å². The lowest BCUT2D eigenvalue weighted by Crippen LogP contribution is -2.14. The molecule has 0 saturated heterocycles. The van der Waals surface area contributed by atoms with Crippen molar-refractivity contribution in [3.63, 3.8) is 0 Å². The van der Waals surface area contributed by atoms with Crippen molar-refractivity contribution in [2.75, 3.05) is 18.6 Å². The van der Waals surface area contributed by atoms with E-state index < -0.39 is 0 Å². The molecule has 0 saturated carbocycles. The number of benzene rings is 1. The highest BCUT2D eigenvalue weighted by atomic mass is 32.1. The second kappa shape index (κ2) is 8.14. The van der Waals surface area contributed by atoms with E-state index in [1.807, 2.05) is 24.4 Å². The van der Waals surface area contributed by atoms with Crippen molar-refractivity contribution in [1.82, 2.24) is 4.98 Å². The molecule has 6 nitrogen and oxygen atoms in total. The molecule has 0 atom stereocenters. The van der Waals surface area contributed by atoms with E-state index in [-0.39, 0.29) is 12.6 Å². The van der Waals surface area contributed by atoms with Crippen LogP contribution >= 0.6 is 11.3 Å². The van der Waals surface area contributed by atoms with Crippen molar-refractivity contribution < 1.29 is 14.3 Å². The average molecular weight is 319 g/mol. The number of nitrogens with one attached hydrogen (secondary N) is 1. The Labute approximate surface area is 132 Å². The Balaban J connectivity index is 1.82. The SMILES string of the molecule is CCOC(=O)COc1ccc(C=NNc2nc(C)cs2)cc1. The minimum atomic E-state index is -0.379. The summed E-state index contributed by atoms with van der Waals surface area (Å²) in [5, 5.41) is 6.82. The largest absolute Gasteiger partial charge is 0.482 e. The summed E-state index contributed by atoms with van der Waals surface area (Å²) < 4.78 is 10.1. The molecule has 1 aromatic heterocycles. The molecule has 0 aliphatic heterocycles. The smallest absolute Gasteiger partial charge is 0.344 e. The lowest BCUT2D eigenvalue weighted by atomic mass is 10.2. The van der Waals surface area contributed by atoms with Gasteiger partial charge in [0.2, 0.25) is 5.13 Å². The zero-order chi connectivity index (χ0) is 15.8. The molecule has 0 radical (unpaired) electrons. The predicted octanol–water partition coefficient (Wildman–Crippen LogP) is 2.84. The van der Waals surface area contributed by atoms with Gasteiger partial charge in [0.1, 0.15) is 5.75 Å². The molecule has 0 bridgehead atoms. The first kappa shape index (κ1) is 16.0. The summed E-state index contributed by atoms with van der Waals surface area (Å²) in [6.45, 7) is 3.95. The van der Waals surface area contributed by atoms with Crippen molar-refractivity contribution in [3.05, 3.63) is 40.9 Å². The first-order valence-electron chi connectivity index (χ1n) is 6.77. The molecule has 1 N–H and O–H groups in total. The molecule has 0 fully saturated rings. The molecule has 116 valence electrons. The molecule has 22 heavy (non-hydrogen) atoms. The topological polar surface area (TPSA) is 72.8 Å². The quantitative estimate of drug-likeness (QED) is 0.482. The second-order valence-electron chi connectivity index (χ2n) is 4.33. The van der Waals surface area contributed by atoms with Gasteiger partial charge in [-0.15, -0.1) is 11.3 Å². The monoisotopic (exact) mass is 319 g/mol. The maximum atomic E-state index is 11.2. The van der Waals surface area contributed by atoms with Gasteiger partial charge in [0, 0.05) is 5.38 Å². The van der Waals surface area contributed by atoms with Crippen LogP contribution in [0.3, 0.4) is 0 Å². The molecular weight excluding hydrogens is 302 g/mol. The number of thiazole rings is 1. The van der Waals surface area contributed by atoms with Gasteiger partial charge in [0.25, 0.3) is 0 Å². The Morgan fingerprint density at radius 1 is 1.41 bits per heavy atom. The first-order valence-corrected chi connectivity index (χ1v) is 7.65. The van der Waals surface area contributed by atoms with Gasteiger partial charge < -0.3 is 9.47 Å². The lowest BCUT2D eigenvalue weighted by Gasteiger charge is -2.05. The number of aromatic nitrogens is 1. The van der Waals surface area contributed by atoms with Crippen LogP contribution in [0, 0.1) is 6.92 Å². The molecule has 0 spiro atoms.